The number of esters is 1. The van der Waals surface area contributed by atoms with E-state index >= 15 is 0 Å². The molecule has 0 saturated carbocycles. The molecular weight excluding hydrogens is 679 g/mol. The number of benzene rings is 2. The molecule has 3 amide bonds. The number of alkyl carbamates (subject to hydrolysis) is 1. The van der Waals surface area contributed by atoms with Crippen LogP contribution in [0.25, 0.3) is 0 Å². The minimum Gasteiger partial charge on any atom is -0.491 e. The van der Waals surface area contributed by atoms with Crippen molar-refractivity contribution in [1.29, 1.82) is 0 Å². The van der Waals surface area contributed by atoms with Gasteiger partial charge in [-0.1, -0.05) is 67.4 Å². The molecule has 268 valence electrons. The highest BCUT2D eigenvalue weighted by molar-refractivity contribution is 6.40. The third-order valence-electron chi connectivity index (χ3n) is 7.62. The van der Waals surface area contributed by atoms with Gasteiger partial charge < -0.3 is 34.9 Å². The second-order valence-electron chi connectivity index (χ2n) is 11.9. The SMILES string of the molecule is COC(=O)N[C@H](C)C(=O)NC(CC(C)C)C(=O)NC(Cc1ccccc1)C(=O)COC(=O)c1c(Cl)ccc(OCCN2CCOCC2)c1Cl. The topological polar surface area (TPSA) is 162 Å². The number of amides is 3. The van der Waals surface area contributed by atoms with E-state index in [1.54, 1.807) is 30.3 Å². The van der Waals surface area contributed by atoms with Gasteiger partial charge in [0, 0.05) is 19.6 Å². The van der Waals surface area contributed by atoms with Crippen molar-refractivity contribution in [3.8, 4) is 5.75 Å². The molecule has 1 saturated heterocycles. The number of morpholine rings is 1. The molecule has 2 aromatic carbocycles. The molecule has 3 N–H and O–H groups in total. The fraction of sp³-hybridized carbons (Fsp3) is 0.500. The molecule has 1 fully saturated rings. The fourth-order valence-corrected chi connectivity index (χ4v) is 5.50. The average molecular weight is 724 g/mol. The van der Waals surface area contributed by atoms with Crippen molar-refractivity contribution in [3.05, 3.63) is 63.6 Å². The van der Waals surface area contributed by atoms with Crippen LogP contribution in [0.5, 0.6) is 5.75 Å². The second-order valence-corrected chi connectivity index (χ2v) is 12.7. The maximum atomic E-state index is 13.5. The Morgan fingerprint density at radius 3 is 2.22 bits per heavy atom. The molecule has 15 heteroatoms. The number of ether oxygens (including phenoxy) is 4. The highest BCUT2D eigenvalue weighted by Crippen LogP contribution is 2.34. The quantitative estimate of drug-likeness (QED) is 0.206. The molecule has 3 rings (SSSR count). The molecule has 1 aliphatic rings. The van der Waals surface area contributed by atoms with Crippen molar-refractivity contribution in [2.24, 2.45) is 5.92 Å². The molecule has 0 aromatic heterocycles. The van der Waals surface area contributed by atoms with Crippen LogP contribution in [0.1, 0.15) is 43.1 Å². The van der Waals surface area contributed by atoms with E-state index in [2.05, 4.69) is 25.6 Å². The summed E-state index contributed by atoms with van der Waals surface area (Å²) in [5.41, 5.74) is 0.582. The van der Waals surface area contributed by atoms with E-state index in [4.69, 9.17) is 37.4 Å². The highest BCUT2D eigenvalue weighted by atomic mass is 35.5. The lowest BCUT2D eigenvalue weighted by atomic mass is 9.99. The van der Waals surface area contributed by atoms with Crippen LogP contribution >= 0.6 is 23.2 Å². The van der Waals surface area contributed by atoms with Gasteiger partial charge in [-0.05, 0) is 43.4 Å². The Kier molecular flexibility index (Phi) is 16.1. The number of hydrogen-bond acceptors (Lipinski definition) is 10. The average Bonchev–Trinajstić information content (AvgIpc) is 3.08. The van der Waals surface area contributed by atoms with Crippen LogP contribution in [0.2, 0.25) is 10.0 Å². The highest BCUT2D eigenvalue weighted by Gasteiger charge is 2.30. The van der Waals surface area contributed by atoms with E-state index in [1.807, 2.05) is 19.9 Å². The van der Waals surface area contributed by atoms with Gasteiger partial charge in [0.2, 0.25) is 11.8 Å². The van der Waals surface area contributed by atoms with Gasteiger partial charge in [-0.15, -0.1) is 0 Å². The Hall–Kier alpha value is -3.91. The molecule has 2 aromatic rings. The molecule has 0 radical (unpaired) electrons. The molecule has 0 aliphatic carbocycles. The molecule has 13 nitrogen and oxygen atoms in total. The van der Waals surface area contributed by atoms with E-state index in [1.165, 1.54) is 20.1 Å². The Balaban J connectivity index is 1.71. The lowest BCUT2D eigenvalue weighted by Crippen LogP contribution is -2.56. The number of carbonyl (C=O) groups is 5. The molecule has 49 heavy (non-hydrogen) atoms. The van der Waals surface area contributed by atoms with Crippen molar-refractivity contribution < 1.29 is 42.9 Å². The second kappa shape index (κ2) is 19.9. The smallest absolute Gasteiger partial charge is 0.407 e. The van der Waals surface area contributed by atoms with Crippen LogP contribution in [0.4, 0.5) is 4.79 Å². The summed E-state index contributed by atoms with van der Waals surface area (Å²) in [7, 11) is 1.17. The van der Waals surface area contributed by atoms with Crippen LogP contribution in [-0.2, 0) is 35.0 Å². The predicted molar refractivity (Wildman–Crippen MR) is 183 cm³/mol. The van der Waals surface area contributed by atoms with Crippen LogP contribution in [-0.4, -0.2) is 106 Å². The Labute approximate surface area is 296 Å². The van der Waals surface area contributed by atoms with Gasteiger partial charge in [0.25, 0.3) is 0 Å². The van der Waals surface area contributed by atoms with Crippen LogP contribution in [0, 0.1) is 5.92 Å². The number of halogens is 2. The first-order chi connectivity index (χ1) is 23.4. The first-order valence-corrected chi connectivity index (χ1v) is 16.7. The molecule has 0 bridgehead atoms. The van der Waals surface area contributed by atoms with E-state index < -0.39 is 54.4 Å². The van der Waals surface area contributed by atoms with Gasteiger partial charge in [-0.2, -0.15) is 0 Å². The van der Waals surface area contributed by atoms with Crippen LogP contribution in [0.15, 0.2) is 42.5 Å². The molecule has 2 unspecified atom stereocenters. The lowest BCUT2D eigenvalue weighted by Gasteiger charge is -2.26. The summed E-state index contributed by atoms with van der Waals surface area (Å²) >= 11 is 12.8. The maximum absolute atomic E-state index is 13.5. The summed E-state index contributed by atoms with van der Waals surface area (Å²) in [4.78, 5) is 66.8. The zero-order valence-corrected chi connectivity index (χ0v) is 29.6. The van der Waals surface area contributed by atoms with Crippen molar-refractivity contribution in [2.45, 2.75) is 51.7 Å². The van der Waals surface area contributed by atoms with Gasteiger partial charge in [-0.25, -0.2) is 9.59 Å². The standard InChI is InChI=1S/C34H44Cl2N4O9/c1-21(2)18-26(39-31(42)22(3)37-34(45)46-4)32(43)38-25(19-23-8-6-5-7-9-23)27(41)20-49-33(44)29-24(35)10-11-28(30(29)36)48-17-14-40-12-15-47-16-13-40/h5-11,21-22,25-26H,12-20H2,1-4H3,(H,37,45)(H,38,43)(H,39,42)/t22-,25?,26?/m1/s1. The summed E-state index contributed by atoms with van der Waals surface area (Å²) in [6.07, 6.45) is -0.480. The molecular formula is C34H44Cl2N4O9. The van der Waals surface area contributed by atoms with Gasteiger partial charge in [0.1, 0.15) is 30.0 Å². The Morgan fingerprint density at radius 1 is 0.898 bits per heavy atom. The Morgan fingerprint density at radius 2 is 1.57 bits per heavy atom. The molecule has 3 atom stereocenters. The van der Waals surface area contributed by atoms with Crippen LogP contribution in [0.3, 0.4) is 0 Å². The number of Topliss-reactive ketones (excluding diaryl/α,β-unsaturated/α-hetero) is 1. The van der Waals surface area contributed by atoms with Crippen molar-refractivity contribution in [1.82, 2.24) is 20.9 Å². The molecule has 0 spiro atoms. The molecule has 1 aliphatic heterocycles. The van der Waals surface area contributed by atoms with Crippen molar-refractivity contribution >= 4 is 52.9 Å². The first kappa shape index (κ1) is 39.5. The maximum Gasteiger partial charge on any atom is 0.407 e. The summed E-state index contributed by atoms with van der Waals surface area (Å²) in [6, 6.07) is 8.82. The largest absolute Gasteiger partial charge is 0.491 e. The number of hydrogen-bond donors (Lipinski definition) is 3. The summed E-state index contributed by atoms with van der Waals surface area (Å²) in [6.45, 7) is 8.30. The van der Waals surface area contributed by atoms with Crippen LogP contribution < -0.4 is 20.7 Å². The summed E-state index contributed by atoms with van der Waals surface area (Å²) < 4.78 is 21.1. The minimum atomic E-state index is -1.12. The number of carbonyl (C=O) groups excluding carboxylic acids is 5. The zero-order valence-electron chi connectivity index (χ0n) is 28.1. The third kappa shape index (κ3) is 12.8. The summed E-state index contributed by atoms with van der Waals surface area (Å²) in [5, 5.41) is 7.68. The van der Waals surface area contributed by atoms with Gasteiger partial charge in [-0.3, -0.25) is 19.3 Å². The number of rotatable bonds is 17. The van der Waals surface area contributed by atoms with E-state index in [0.29, 0.717) is 26.4 Å². The van der Waals surface area contributed by atoms with E-state index in [9.17, 15) is 24.0 Å². The number of nitrogens with zero attached hydrogens (tertiary/aromatic N) is 1. The van der Waals surface area contributed by atoms with Gasteiger partial charge >= 0.3 is 12.1 Å². The van der Waals surface area contributed by atoms with Gasteiger partial charge in [0.05, 0.1) is 36.4 Å². The molecule has 1 heterocycles. The first-order valence-electron chi connectivity index (χ1n) is 16.0. The lowest BCUT2D eigenvalue weighted by molar-refractivity contribution is -0.133. The third-order valence-corrected chi connectivity index (χ3v) is 8.31. The normalized spacial score (nSPS) is 15.0. The predicted octanol–water partition coefficient (Wildman–Crippen LogP) is 3.43. The van der Waals surface area contributed by atoms with E-state index in [0.717, 1.165) is 18.7 Å². The summed E-state index contributed by atoms with van der Waals surface area (Å²) in [5.74, 6) is -2.57. The number of nitrogens with one attached hydrogen (secondary N) is 3. The zero-order chi connectivity index (χ0) is 35.9. The van der Waals surface area contributed by atoms with Crippen molar-refractivity contribution in [3.63, 3.8) is 0 Å². The monoisotopic (exact) mass is 722 g/mol. The van der Waals surface area contributed by atoms with E-state index in [-0.39, 0.29) is 40.1 Å². The minimum absolute atomic E-state index is 0.0142. The number of methoxy groups -OCH3 is 1. The number of ketones is 1. The Bertz CT molecular complexity index is 1440. The van der Waals surface area contributed by atoms with Gasteiger partial charge in [0.15, 0.2) is 12.4 Å². The van der Waals surface area contributed by atoms with Crippen molar-refractivity contribution in [2.75, 3.05) is 53.2 Å². The fourth-order valence-electron chi connectivity index (χ4n) is 4.92.